The Morgan fingerprint density at radius 3 is 1.00 bits per heavy atom. The third-order valence-corrected chi connectivity index (χ3v) is 6.58. The van der Waals surface area contributed by atoms with Crippen molar-refractivity contribution in [1.29, 1.82) is 0 Å². The molecule has 0 amide bonds. The van der Waals surface area contributed by atoms with Crippen LogP contribution in [0.2, 0.25) is 0 Å². The summed E-state index contributed by atoms with van der Waals surface area (Å²) in [6.45, 7) is 13.2. The molecule has 0 nitrogen and oxygen atoms in total. The summed E-state index contributed by atoms with van der Waals surface area (Å²) in [6.07, 6.45) is 0. The first kappa shape index (κ1) is 17.4. The number of rotatable bonds is 0. The average molecular weight is 358 g/mol. The minimum absolute atomic E-state index is 0.106. The molecule has 0 bridgehead atoms. The second kappa shape index (κ2) is 7.27. The summed E-state index contributed by atoms with van der Waals surface area (Å²) in [5.41, 5.74) is 0. The van der Waals surface area contributed by atoms with E-state index in [9.17, 15) is 0 Å². The summed E-state index contributed by atoms with van der Waals surface area (Å²) in [5, 5.41) is 0.546. The molecule has 5 heteroatoms. The molecule has 0 saturated carbocycles. The molecule has 0 fully saturated rings. The molecule has 0 heterocycles. The van der Waals surface area contributed by atoms with Gasteiger partial charge in [-0.1, -0.05) is 52.8 Å². The quantitative estimate of drug-likeness (QED) is 0.391. The molecule has 0 aliphatic carbocycles. The zero-order chi connectivity index (χ0) is 11.3. The molecule has 0 N–H and O–H groups in total. The van der Waals surface area contributed by atoms with Crippen molar-refractivity contribution in [3.63, 3.8) is 0 Å². The first-order chi connectivity index (χ1) is 5.57. The standard InChI is InChI=1S/C8H18ClP.2ClH.Pd/c1-7(2,3)10(9)8(4,5)6;;;/h1-6H3;2*1H;/q;;;+2/p-2. The van der Waals surface area contributed by atoms with Crippen molar-refractivity contribution in [3.05, 3.63) is 0 Å². The van der Waals surface area contributed by atoms with Crippen molar-refractivity contribution >= 4 is 37.6 Å². The van der Waals surface area contributed by atoms with Gasteiger partial charge in [0.25, 0.3) is 0 Å². The summed E-state index contributed by atoms with van der Waals surface area (Å²) in [6, 6.07) is 0. The Morgan fingerprint density at radius 2 is 1.00 bits per heavy atom. The Labute approximate surface area is 105 Å². The van der Waals surface area contributed by atoms with Gasteiger partial charge in [-0.2, -0.15) is 0 Å². The Hall–Kier alpha value is 1.96. The maximum atomic E-state index is 6.30. The van der Waals surface area contributed by atoms with E-state index >= 15 is 0 Å². The van der Waals surface area contributed by atoms with E-state index in [2.05, 4.69) is 41.5 Å². The Balaban J connectivity index is 0. The van der Waals surface area contributed by atoms with Crippen LogP contribution in [0.25, 0.3) is 0 Å². The van der Waals surface area contributed by atoms with Gasteiger partial charge in [-0.25, -0.2) is 0 Å². The molecule has 0 aromatic rings. The second-order valence-corrected chi connectivity index (χ2v) is 11.3. The van der Waals surface area contributed by atoms with Crippen LogP contribution in [0, 0.1) is 0 Å². The predicted molar refractivity (Wildman–Crippen MR) is 64.0 cm³/mol. The van der Waals surface area contributed by atoms with Gasteiger partial charge < -0.3 is 0 Å². The summed E-state index contributed by atoms with van der Waals surface area (Å²) in [5.74, 6) is 0. The van der Waals surface area contributed by atoms with Crippen molar-refractivity contribution < 1.29 is 15.9 Å². The van der Waals surface area contributed by atoms with Crippen LogP contribution in [-0.4, -0.2) is 10.3 Å². The topological polar surface area (TPSA) is 0 Å². The average Bonchev–Trinajstić information content (AvgIpc) is 1.84. The van der Waals surface area contributed by atoms with Gasteiger partial charge in [0.15, 0.2) is 0 Å². The van der Waals surface area contributed by atoms with Gasteiger partial charge in [-0.3, -0.25) is 0 Å². The molecule has 0 spiro atoms. The summed E-state index contributed by atoms with van der Waals surface area (Å²) < 4.78 is 0. The van der Waals surface area contributed by atoms with Crippen molar-refractivity contribution in [1.82, 2.24) is 0 Å². The molecule has 0 rings (SSSR count). The summed E-state index contributed by atoms with van der Waals surface area (Å²) in [7, 11) is 9.24. The normalized spacial score (nSPS) is 12.8. The van der Waals surface area contributed by atoms with Gasteiger partial charge in [-0.15, -0.1) is 0 Å². The first-order valence-corrected chi connectivity index (χ1v) is 10.1. The Kier molecular flexibility index (Phi) is 9.71. The SMILES string of the molecule is CC(C)(C)P(Cl)C(C)(C)C.[Cl][Pd][Cl]. The molecule has 0 aromatic heterocycles. The van der Waals surface area contributed by atoms with Crippen LogP contribution >= 0.6 is 37.6 Å². The van der Waals surface area contributed by atoms with Crippen LogP contribution in [-0.2, 0) is 15.9 Å². The van der Waals surface area contributed by atoms with Crippen LogP contribution in [0.5, 0.6) is 0 Å². The molecule has 0 aliphatic heterocycles. The minimum atomic E-state index is -0.390. The van der Waals surface area contributed by atoms with Crippen LogP contribution < -0.4 is 0 Å². The fourth-order valence-corrected chi connectivity index (χ4v) is 3.02. The maximum absolute atomic E-state index is 6.30. The molecule has 86 valence electrons. The fraction of sp³-hybridized carbons (Fsp3) is 1.00. The summed E-state index contributed by atoms with van der Waals surface area (Å²) >= 11 is 6.19. The van der Waals surface area contributed by atoms with Crippen LogP contribution in [0.3, 0.4) is 0 Å². The molecular formula is C8H18Cl3PPd. The van der Waals surface area contributed by atoms with E-state index in [-0.39, 0.29) is 26.3 Å². The van der Waals surface area contributed by atoms with Crippen LogP contribution in [0.4, 0.5) is 0 Å². The molecule has 0 radical (unpaired) electrons. The number of hydrogen-bond acceptors (Lipinski definition) is 0. The van der Waals surface area contributed by atoms with E-state index in [4.69, 9.17) is 30.3 Å². The predicted octanol–water partition coefficient (Wildman–Crippen LogP) is 5.60. The zero-order valence-electron chi connectivity index (χ0n) is 8.90. The van der Waals surface area contributed by atoms with Crippen molar-refractivity contribution in [3.8, 4) is 0 Å². The van der Waals surface area contributed by atoms with E-state index in [1.807, 2.05) is 0 Å². The van der Waals surface area contributed by atoms with E-state index in [0.717, 1.165) is 0 Å². The summed E-state index contributed by atoms with van der Waals surface area (Å²) in [4.78, 5) is 0. The van der Waals surface area contributed by atoms with Crippen LogP contribution in [0.15, 0.2) is 0 Å². The van der Waals surface area contributed by atoms with Gasteiger partial charge in [-0.05, 0) is 10.3 Å². The van der Waals surface area contributed by atoms with E-state index in [1.54, 1.807) is 0 Å². The molecule has 13 heavy (non-hydrogen) atoms. The number of halogens is 3. The molecule has 0 aromatic carbocycles. The van der Waals surface area contributed by atoms with Gasteiger partial charge in [0.2, 0.25) is 0 Å². The van der Waals surface area contributed by atoms with Gasteiger partial charge in [0, 0.05) is 7.27 Å². The number of hydrogen-bond donors (Lipinski definition) is 0. The van der Waals surface area contributed by atoms with Crippen molar-refractivity contribution in [2.24, 2.45) is 0 Å². The Morgan fingerprint density at radius 1 is 0.846 bits per heavy atom. The molecule has 0 unspecified atom stereocenters. The van der Waals surface area contributed by atoms with E-state index in [1.165, 1.54) is 0 Å². The van der Waals surface area contributed by atoms with Gasteiger partial charge >= 0.3 is 35.0 Å². The second-order valence-electron chi connectivity index (χ2n) is 4.67. The van der Waals surface area contributed by atoms with Gasteiger partial charge in [0.1, 0.15) is 0 Å². The monoisotopic (exact) mass is 356 g/mol. The van der Waals surface area contributed by atoms with Crippen molar-refractivity contribution in [2.45, 2.75) is 51.9 Å². The third kappa shape index (κ3) is 10.2. The van der Waals surface area contributed by atoms with Crippen LogP contribution in [0.1, 0.15) is 41.5 Å². The van der Waals surface area contributed by atoms with E-state index in [0.29, 0.717) is 0 Å². The van der Waals surface area contributed by atoms with Gasteiger partial charge in [0.05, 0.1) is 0 Å². The third-order valence-electron chi connectivity index (χ3n) is 1.18. The molecular weight excluding hydrogens is 340 g/mol. The first-order valence-electron chi connectivity index (χ1n) is 3.86. The molecule has 0 aliphatic rings. The zero-order valence-corrected chi connectivity index (χ0v) is 13.6. The Bertz CT molecular complexity index is 114. The molecule has 0 saturated heterocycles. The van der Waals surface area contributed by atoms with Crippen molar-refractivity contribution in [2.75, 3.05) is 0 Å². The fourth-order valence-electron chi connectivity index (χ4n) is 1.01. The molecule has 0 atom stereocenters. The van der Waals surface area contributed by atoms with E-state index < -0.39 is 7.27 Å².